The Morgan fingerprint density at radius 1 is 0.857 bits per heavy atom. The third kappa shape index (κ3) is 4.56. The summed E-state index contributed by atoms with van der Waals surface area (Å²) in [6, 6.07) is 17.7. The van der Waals surface area contributed by atoms with Gasteiger partial charge in [-0.05, 0) is 36.1 Å². The van der Waals surface area contributed by atoms with E-state index < -0.39 is 0 Å². The van der Waals surface area contributed by atoms with Gasteiger partial charge in [-0.3, -0.25) is 9.78 Å². The van der Waals surface area contributed by atoms with Gasteiger partial charge in [0.2, 0.25) is 0 Å². The topological polar surface area (TPSA) is 68.9 Å². The summed E-state index contributed by atoms with van der Waals surface area (Å²) in [6.45, 7) is 4.26. The van der Waals surface area contributed by atoms with Crippen LogP contribution in [-0.2, 0) is 29.9 Å². The molecule has 2 heterocycles. The number of anilines is 1. The van der Waals surface area contributed by atoms with Crippen molar-refractivity contribution >= 4 is 33.8 Å². The molecule has 144 valence electrons. The molecular weight excluding hydrogens is 390 g/mol. The molecule has 4 rings (SSSR count). The van der Waals surface area contributed by atoms with Gasteiger partial charge in [0.05, 0.1) is 11.0 Å². The van der Waals surface area contributed by atoms with Gasteiger partial charge >= 0.3 is 0 Å². The zero-order valence-corrected chi connectivity index (χ0v) is 17.1. The summed E-state index contributed by atoms with van der Waals surface area (Å²) in [5.74, 6) is 0. The van der Waals surface area contributed by atoms with Crippen LogP contribution in [0, 0.1) is 0 Å². The Bertz CT molecular complexity index is 1070. The van der Waals surface area contributed by atoms with Gasteiger partial charge in [-0.15, -0.1) is 0 Å². The molecule has 0 saturated carbocycles. The van der Waals surface area contributed by atoms with Crippen molar-refractivity contribution < 1.29 is 21.9 Å². The van der Waals surface area contributed by atoms with Gasteiger partial charge in [0, 0.05) is 39.7 Å². The number of fused-ring (bicyclic) bond motifs is 3. The number of hydrogen-bond acceptors (Lipinski definition) is 4. The van der Waals surface area contributed by atoms with Crippen LogP contribution in [0.3, 0.4) is 0 Å². The standard InChI is InChI=1S/C13H8N2O.C10H15N.Fe/c16-8-11-6-5-10-4-3-9-2-1-7-14-12(9)13(10)15-11;1-3-8-6-5-7-9(4-2)10(8)11;/h1-8H;5-7H,3-4,11H2,1-2H3;. The minimum Gasteiger partial charge on any atom is -0.398 e. The molecule has 0 aliphatic heterocycles. The van der Waals surface area contributed by atoms with Crippen LogP contribution in [0.15, 0.2) is 60.8 Å². The summed E-state index contributed by atoms with van der Waals surface area (Å²) in [6.07, 6.45) is 4.54. The molecule has 4 nitrogen and oxygen atoms in total. The first-order valence-electron chi connectivity index (χ1n) is 9.13. The average Bonchev–Trinajstić information content (AvgIpc) is 2.74. The Labute approximate surface area is 175 Å². The molecule has 2 N–H and O–H groups in total. The molecule has 0 unspecified atom stereocenters. The fourth-order valence-corrected chi connectivity index (χ4v) is 3.09. The molecular formula is C23H23FeN3O. The fraction of sp³-hybridized carbons (Fsp3) is 0.174. The Morgan fingerprint density at radius 2 is 1.46 bits per heavy atom. The molecule has 4 aromatic rings. The zero-order valence-electron chi connectivity index (χ0n) is 16.0. The fourth-order valence-electron chi connectivity index (χ4n) is 3.09. The smallest absolute Gasteiger partial charge is 0.168 e. The largest absolute Gasteiger partial charge is 0.398 e. The second kappa shape index (κ2) is 9.98. The number of aromatic nitrogens is 2. The van der Waals surface area contributed by atoms with Crippen LogP contribution >= 0.6 is 0 Å². The van der Waals surface area contributed by atoms with Crippen LogP contribution in [0.4, 0.5) is 5.69 Å². The number of para-hydroxylation sites is 1. The van der Waals surface area contributed by atoms with Gasteiger partial charge in [-0.25, -0.2) is 4.98 Å². The minimum absolute atomic E-state index is 0. The van der Waals surface area contributed by atoms with Crippen molar-refractivity contribution in [1.82, 2.24) is 9.97 Å². The van der Waals surface area contributed by atoms with Crippen molar-refractivity contribution in [1.29, 1.82) is 0 Å². The second-order valence-electron chi connectivity index (χ2n) is 6.26. The number of pyridine rings is 2. The van der Waals surface area contributed by atoms with Gasteiger partial charge in [-0.2, -0.15) is 0 Å². The zero-order chi connectivity index (χ0) is 19.2. The van der Waals surface area contributed by atoms with E-state index in [0.717, 1.165) is 46.6 Å². The average molecular weight is 413 g/mol. The summed E-state index contributed by atoms with van der Waals surface area (Å²) in [5.41, 5.74) is 11.5. The Hall–Kier alpha value is -2.75. The normalized spacial score (nSPS) is 10.1. The number of carbonyl (C=O) groups excluding carboxylic acids is 1. The predicted octanol–water partition coefficient (Wildman–Crippen LogP) is 4.99. The number of nitrogens with zero attached hydrogens (tertiary/aromatic N) is 2. The predicted molar refractivity (Wildman–Crippen MR) is 112 cm³/mol. The first kappa shape index (κ1) is 21.5. The van der Waals surface area contributed by atoms with Gasteiger partial charge in [-0.1, -0.05) is 56.3 Å². The monoisotopic (exact) mass is 413 g/mol. The molecule has 0 spiro atoms. The van der Waals surface area contributed by atoms with Crippen molar-refractivity contribution in [2.45, 2.75) is 26.7 Å². The third-order valence-corrected chi connectivity index (χ3v) is 4.62. The number of nitrogens with two attached hydrogens (primary N) is 1. The third-order valence-electron chi connectivity index (χ3n) is 4.62. The molecule has 2 aromatic carbocycles. The molecule has 0 bridgehead atoms. The molecule has 2 aromatic heterocycles. The molecule has 0 fully saturated rings. The number of benzene rings is 2. The number of aldehydes is 1. The molecule has 28 heavy (non-hydrogen) atoms. The Balaban J connectivity index is 0.000000208. The van der Waals surface area contributed by atoms with Crippen LogP contribution in [0.5, 0.6) is 0 Å². The molecule has 0 saturated heterocycles. The van der Waals surface area contributed by atoms with E-state index in [4.69, 9.17) is 5.73 Å². The molecule has 5 heteroatoms. The van der Waals surface area contributed by atoms with Crippen LogP contribution in [0.2, 0.25) is 0 Å². The Morgan fingerprint density at radius 3 is 2.07 bits per heavy atom. The summed E-state index contributed by atoms with van der Waals surface area (Å²) >= 11 is 0. The van der Waals surface area contributed by atoms with Crippen LogP contribution in [-0.4, -0.2) is 16.3 Å². The van der Waals surface area contributed by atoms with Crippen LogP contribution in [0.1, 0.15) is 35.5 Å². The number of carbonyl (C=O) groups is 1. The van der Waals surface area contributed by atoms with E-state index in [1.807, 2.05) is 30.3 Å². The quantitative estimate of drug-likeness (QED) is 0.223. The van der Waals surface area contributed by atoms with Crippen LogP contribution < -0.4 is 5.73 Å². The number of hydrogen-bond donors (Lipinski definition) is 1. The summed E-state index contributed by atoms with van der Waals surface area (Å²) in [5, 5.41) is 2.03. The van der Waals surface area contributed by atoms with E-state index in [-0.39, 0.29) is 17.1 Å². The minimum atomic E-state index is 0. The van der Waals surface area contributed by atoms with Crippen molar-refractivity contribution in [3.05, 3.63) is 77.6 Å². The van der Waals surface area contributed by atoms with Crippen LogP contribution in [0.25, 0.3) is 21.8 Å². The maximum Gasteiger partial charge on any atom is 0.168 e. The van der Waals surface area contributed by atoms with E-state index in [2.05, 4.69) is 42.0 Å². The van der Waals surface area contributed by atoms with E-state index in [9.17, 15) is 4.79 Å². The Kier molecular flexibility index (Phi) is 7.68. The van der Waals surface area contributed by atoms with Gasteiger partial charge in [0.25, 0.3) is 0 Å². The second-order valence-corrected chi connectivity index (χ2v) is 6.26. The summed E-state index contributed by atoms with van der Waals surface area (Å²) in [4.78, 5) is 19.3. The maximum absolute atomic E-state index is 10.7. The number of aryl methyl sites for hydroxylation is 2. The van der Waals surface area contributed by atoms with Gasteiger partial charge in [0.1, 0.15) is 5.69 Å². The van der Waals surface area contributed by atoms with Crippen molar-refractivity contribution in [3.8, 4) is 0 Å². The van der Waals surface area contributed by atoms with E-state index >= 15 is 0 Å². The van der Waals surface area contributed by atoms with Crippen molar-refractivity contribution in [2.75, 3.05) is 5.73 Å². The summed E-state index contributed by atoms with van der Waals surface area (Å²) in [7, 11) is 0. The molecule has 0 radical (unpaired) electrons. The van der Waals surface area contributed by atoms with E-state index in [1.165, 1.54) is 11.1 Å². The van der Waals surface area contributed by atoms with Crippen molar-refractivity contribution in [2.24, 2.45) is 0 Å². The SMILES string of the molecule is CCc1cccc(CC)c1N.O=Cc1ccc2ccc3cccnc3c2n1.[Fe]. The number of rotatable bonds is 3. The molecule has 0 aliphatic carbocycles. The summed E-state index contributed by atoms with van der Waals surface area (Å²) < 4.78 is 0. The first-order chi connectivity index (χ1) is 13.2. The van der Waals surface area contributed by atoms with Gasteiger partial charge in [0.15, 0.2) is 6.29 Å². The van der Waals surface area contributed by atoms with Crippen molar-refractivity contribution in [3.63, 3.8) is 0 Å². The maximum atomic E-state index is 10.7. The number of nitrogen functional groups attached to an aromatic ring is 1. The van der Waals surface area contributed by atoms with E-state index in [1.54, 1.807) is 12.3 Å². The van der Waals surface area contributed by atoms with E-state index in [0.29, 0.717) is 5.69 Å². The first-order valence-corrected chi connectivity index (χ1v) is 9.13. The molecule has 0 amide bonds. The molecule has 0 aliphatic rings. The molecule has 0 atom stereocenters. The van der Waals surface area contributed by atoms with Gasteiger partial charge < -0.3 is 5.73 Å².